The first kappa shape index (κ1) is 15.4. The Kier molecular flexibility index (Phi) is 6.02. The molecule has 0 fully saturated rings. The zero-order valence-corrected chi connectivity index (χ0v) is 11.9. The number of methoxy groups -OCH3 is 1. The fourth-order valence-electron chi connectivity index (χ4n) is 1.24. The highest BCUT2D eigenvalue weighted by Gasteiger charge is 2.33. The lowest BCUT2D eigenvalue weighted by Gasteiger charge is -2.26. The molecule has 18 heavy (non-hydrogen) atoms. The van der Waals surface area contributed by atoms with Crippen molar-refractivity contribution in [1.82, 2.24) is 10.6 Å². The maximum atomic E-state index is 11.1. The second-order valence-electron chi connectivity index (χ2n) is 3.48. The van der Waals surface area contributed by atoms with Gasteiger partial charge in [-0.05, 0) is 5.56 Å². The Morgan fingerprint density at radius 1 is 1.33 bits per heavy atom. The van der Waals surface area contributed by atoms with Crippen molar-refractivity contribution in [2.45, 2.75) is 16.5 Å². The van der Waals surface area contributed by atoms with Crippen LogP contribution in [-0.4, -0.2) is 23.2 Å². The number of alkyl halides is 3. The zero-order valence-electron chi connectivity index (χ0n) is 9.62. The number of rotatable bonds is 4. The quantitative estimate of drug-likeness (QED) is 0.664. The van der Waals surface area contributed by atoms with Gasteiger partial charge in [0.2, 0.25) is 3.79 Å². The largest absolute Gasteiger partial charge is 0.453 e. The van der Waals surface area contributed by atoms with E-state index in [2.05, 4.69) is 15.4 Å². The van der Waals surface area contributed by atoms with E-state index in [0.29, 0.717) is 6.54 Å². The molecule has 0 aliphatic carbocycles. The van der Waals surface area contributed by atoms with Gasteiger partial charge in [0.1, 0.15) is 6.17 Å². The molecule has 2 N–H and O–H groups in total. The van der Waals surface area contributed by atoms with Crippen LogP contribution in [0.15, 0.2) is 30.3 Å². The topological polar surface area (TPSA) is 50.4 Å². The molecule has 0 spiro atoms. The van der Waals surface area contributed by atoms with Crippen molar-refractivity contribution in [2.24, 2.45) is 0 Å². The van der Waals surface area contributed by atoms with Gasteiger partial charge in [0, 0.05) is 6.54 Å². The standard InChI is InChI=1S/C11H13Cl3N2O2/c1-18-10(17)16-9(11(12,13)14)15-7-8-5-3-2-4-6-8/h2-6,9,15H,7H2,1H3,(H,16,17)/t9-/m1/s1. The first-order chi connectivity index (χ1) is 8.43. The average molecular weight is 312 g/mol. The van der Waals surface area contributed by atoms with Crippen LogP contribution in [0.5, 0.6) is 0 Å². The highest BCUT2D eigenvalue weighted by molar-refractivity contribution is 6.68. The summed E-state index contributed by atoms with van der Waals surface area (Å²) in [7, 11) is 1.24. The smallest absolute Gasteiger partial charge is 0.408 e. The molecule has 0 bridgehead atoms. The molecule has 0 heterocycles. The van der Waals surface area contributed by atoms with Crippen molar-refractivity contribution in [3.63, 3.8) is 0 Å². The molecule has 4 nitrogen and oxygen atoms in total. The fourth-order valence-corrected chi connectivity index (χ4v) is 1.64. The molecule has 1 amide bonds. The molecule has 0 aliphatic heterocycles. The first-order valence-electron chi connectivity index (χ1n) is 5.12. The SMILES string of the molecule is COC(=O)N[C@@H](NCc1ccccc1)C(Cl)(Cl)Cl. The minimum atomic E-state index is -1.68. The second-order valence-corrected chi connectivity index (χ2v) is 5.85. The number of nitrogens with one attached hydrogen (secondary N) is 2. The Morgan fingerprint density at radius 3 is 2.44 bits per heavy atom. The monoisotopic (exact) mass is 310 g/mol. The van der Waals surface area contributed by atoms with Gasteiger partial charge in [-0.1, -0.05) is 65.1 Å². The molecular formula is C11H13Cl3N2O2. The van der Waals surface area contributed by atoms with Crippen LogP contribution in [-0.2, 0) is 11.3 Å². The average Bonchev–Trinajstić information content (AvgIpc) is 2.34. The Balaban J connectivity index is 2.59. The van der Waals surface area contributed by atoms with Crippen molar-refractivity contribution in [2.75, 3.05) is 7.11 Å². The van der Waals surface area contributed by atoms with Gasteiger partial charge in [0.05, 0.1) is 7.11 Å². The lowest BCUT2D eigenvalue weighted by atomic mass is 10.2. The van der Waals surface area contributed by atoms with E-state index in [0.717, 1.165) is 5.56 Å². The molecule has 100 valence electrons. The number of carbonyl (C=O) groups is 1. The van der Waals surface area contributed by atoms with Gasteiger partial charge in [-0.3, -0.25) is 5.32 Å². The van der Waals surface area contributed by atoms with E-state index in [1.54, 1.807) is 0 Å². The summed E-state index contributed by atoms with van der Waals surface area (Å²) in [4.78, 5) is 11.1. The Hall–Kier alpha value is -0.680. The summed E-state index contributed by atoms with van der Waals surface area (Å²) < 4.78 is 2.78. The molecule has 1 atom stereocenters. The van der Waals surface area contributed by atoms with E-state index < -0.39 is 16.1 Å². The van der Waals surface area contributed by atoms with E-state index in [1.807, 2.05) is 30.3 Å². The van der Waals surface area contributed by atoms with Gasteiger partial charge in [-0.2, -0.15) is 0 Å². The zero-order chi connectivity index (χ0) is 13.6. The Bertz CT molecular complexity index is 382. The fraction of sp³-hybridized carbons (Fsp3) is 0.364. The van der Waals surface area contributed by atoms with E-state index in [-0.39, 0.29) is 0 Å². The van der Waals surface area contributed by atoms with Crippen molar-refractivity contribution in [3.05, 3.63) is 35.9 Å². The van der Waals surface area contributed by atoms with Crippen LogP contribution in [0.25, 0.3) is 0 Å². The number of hydrogen-bond acceptors (Lipinski definition) is 3. The minimum Gasteiger partial charge on any atom is -0.453 e. The van der Waals surface area contributed by atoms with Crippen molar-refractivity contribution in [1.29, 1.82) is 0 Å². The molecule has 0 aromatic heterocycles. The highest BCUT2D eigenvalue weighted by Crippen LogP contribution is 2.29. The van der Waals surface area contributed by atoms with Crippen LogP contribution in [0.3, 0.4) is 0 Å². The van der Waals surface area contributed by atoms with Crippen LogP contribution >= 0.6 is 34.8 Å². The summed E-state index contributed by atoms with van der Waals surface area (Å²) in [6.07, 6.45) is -1.53. The van der Waals surface area contributed by atoms with E-state index in [4.69, 9.17) is 34.8 Å². The third-order valence-electron chi connectivity index (χ3n) is 2.13. The summed E-state index contributed by atoms with van der Waals surface area (Å²) in [6.45, 7) is 0.448. The summed E-state index contributed by atoms with van der Waals surface area (Å²) in [5, 5.41) is 5.34. The van der Waals surface area contributed by atoms with Gasteiger partial charge in [-0.25, -0.2) is 4.79 Å². The minimum absolute atomic E-state index is 0.448. The molecule has 0 radical (unpaired) electrons. The van der Waals surface area contributed by atoms with E-state index in [9.17, 15) is 4.79 Å². The number of hydrogen-bond donors (Lipinski definition) is 2. The van der Waals surface area contributed by atoms with Gasteiger partial charge in [-0.15, -0.1) is 0 Å². The van der Waals surface area contributed by atoms with Crippen molar-refractivity contribution < 1.29 is 9.53 Å². The summed E-state index contributed by atoms with van der Waals surface area (Å²) in [6, 6.07) is 9.54. The second kappa shape index (κ2) is 7.04. The number of benzene rings is 1. The Labute approximate surface area is 121 Å². The Morgan fingerprint density at radius 2 is 1.94 bits per heavy atom. The summed E-state index contributed by atoms with van der Waals surface area (Å²) in [5.74, 6) is 0. The number of halogens is 3. The van der Waals surface area contributed by atoms with Crippen LogP contribution in [0.4, 0.5) is 4.79 Å². The van der Waals surface area contributed by atoms with Crippen LogP contribution in [0, 0.1) is 0 Å². The number of carbonyl (C=O) groups excluding carboxylic acids is 1. The van der Waals surface area contributed by atoms with Crippen molar-refractivity contribution >= 4 is 40.9 Å². The molecule has 7 heteroatoms. The van der Waals surface area contributed by atoms with Crippen LogP contribution < -0.4 is 10.6 Å². The van der Waals surface area contributed by atoms with Gasteiger partial charge in [0.15, 0.2) is 0 Å². The van der Waals surface area contributed by atoms with Gasteiger partial charge >= 0.3 is 6.09 Å². The molecule has 1 aromatic rings. The van der Waals surface area contributed by atoms with Crippen LogP contribution in [0.1, 0.15) is 5.56 Å². The number of ether oxygens (including phenoxy) is 1. The molecular weight excluding hydrogens is 298 g/mol. The summed E-state index contributed by atoms with van der Waals surface area (Å²) >= 11 is 17.3. The van der Waals surface area contributed by atoms with Crippen LogP contribution in [0.2, 0.25) is 0 Å². The van der Waals surface area contributed by atoms with E-state index in [1.165, 1.54) is 7.11 Å². The molecule has 1 rings (SSSR count). The highest BCUT2D eigenvalue weighted by atomic mass is 35.6. The lowest BCUT2D eigenvalue weighted by Crippen LogP contribution is -2.53. The lowest BCUT2D eigenvalue weighted by molar-refractivity contribution is 0.164. The predicted molar refractivity (Wildman–Crippen MR) is 72.9 cm³/mol. The molecule has 0 saturated heterocycles. The molecule has 0 saturated carbocycles. The van der Waals surface area contributed by atoms with E-state index >= 15 is 0 Å². The maximum Gasteiger partial charge on any atom is 0.408 e. The third kappa shape index (κ3) is 5.31. The first-order valence-corrected chi connectivity index (χ1v) is 6.25. The number of amides is 1. The van der Waals surface area contributed by atoms with Gasteiger partial charge in [0.25, 0.3) is 0 Å². The molecule has 1 aromatic carbocycles. The van der Waals surface area contributed by atoms with Crippen molar-refractivity contribution in [3.8, 4) is 0 Å². The number of alkyl carbamates (subject to hydrolysis) is 1. The normalized spacial score (nSPS) is 12.9. The molecule has 0 aliphatic rings. The maximum absolute atomic E-state index is 11.1. The van der Waals surface area contributed by atoms with Gasteiger partial charge < -0.3 is 10.1 Å². The predicted octanol–water partition coefficient (Wildman–Crippen LogP) is 2.83. The summed E-state index contributed by atoms with van der Waals surface area (Å²) in [5.41, 5.74) is 1.00. The molecule has 0 unspecified atom stereocenters. The third-order valence-corrected chi connectivity index (χ3v) is 2.78.